The van der Waals surface area contributed by atoms with Crippen molar-refractivity contribution in [2.75, 3.05) is 26.0 Å². The van der Waals surface area contributed by atoms with Crippen LogP contribution in [0.1, 0.15) is 19.8 Å². The largest absolute Gasteiger partial charge is 0.384 e. The highest BCUT2D eigenvalue weighted by Gasteiger charge is 2.33. The number of piperidine rings is 1. The topological polar surface area (TPSA) is 72.6 Å². The molecule has 0 saturated carbocycles. The van der Waals surface area contributed by atoms with E-state index in [1.54, 1.807) is 0 Å². The summed E-state index contributed by atoms with van der Waals surface area (Å²) < 4.78 is 29.9. The van der Waals surface area contributed by atoms with Crippen LogP contribution in [-0.4, -0.2) is 44.9 Å². The lowest BCUT2D eigenvalue weighted by Gasteiger charge is -2.36. The van der Waals surface area contributed by atoms with Crippen LogP contribution in [0.4, 0.5) is 0 Å². The van der Waals surface area contributed by atoms with Crippen molar-refractivity contribution in [2.24, 2.45) is 11.7 Å². The van der Waals surface area contributed by atoms with E-state index in [2.05, 4.69) is 0 Å². The summed E-state index contributed by atoms with van der Waals surface area (Å²) in [6.07, 6.45) is 1.51. The quantitative estimate of drug-likeness (QED) is 0.744. The number of hydrogen-bond donors (Lipinski definition) is 1. The molecule has 1 rings (SSSR count). The Morgan fingerprint density at radius 1 is 1.53 bits per heavy atom. The highest BCUT2D eigenvalue weighted by atomic mass is 32.2. The maximum absolute atomic E-state index is 11.9. The van der Waals surface area contributed by atoms with E-state index in [1.165, 1.54) is 11.4 Å². The molecule has 2 atom stereocenters. The zero-order valence-electron chi connectivity index (χ0n) is 9.35. The van der Waals surface area contributed by atoms with Crippen molar-refractivity contribution in [1.29, 1.82) is 0 Å². The molecule has 1 fully saturated rings. The van der Waals surface area contributed by atoms with Crippen molar-refractivity contribution >= 4 is 10.0 Å². The number of sulfonamides is 1. The summed E-state index contributed by atoms with van der Waals surface area (Å²) in [4.78, 5) is 0. The third kappa shape index (κ3) is 3.14. The average molecular weight is 236 g/mol. The van der Waals surface area contributed by atoms with Gasteiger partial charge in [0.05, 0.1) is 18.5 Å². The minimum absolute atomic E-state index is 0.0178. The normalized spacial score (nSPS) is 29.3. The van der Waals surface area contributed by atoms with E-state index in [9.17, 15) is 8.42 Å². The predicted octanol–water partition coefficient (Wildman–Crippen LogP) is -0.0207. The predicted molar refractivity (Wildman–Crippen MR) is 58.7 cm³/mol. The Morgan fingerprint density at radius 3 is 2.80 bits per heavy atom. The van der Waals surface area contributed by atoms with Gasteiger partial charge in [-0.25, -0.2) is 8.42 Å². The van der Waals surface area contributed by atoms with Crippen LogP contribution in [0.5, 0.6) is 0 Å². The molecule has 0 bridgehead atoms. The van der Waals surface area contributed by atoms with Gasteiger partial charge in [0, 0.05) is 13.7 Å². The molecule has 0 aromatic rings. The number of ether oxygens (including phenoxy) is 1. The molecule has 1 aliphatic rings. The number of rotatable bonds is 4. The van der Waals surface area contributed by atoms with Crippen LogP contribution in [0.2, 0.25) is 0 Å². The Kier molecular flexibility index (Phi) is 4.51. The lowest BCUT2D eigenvalue weighted by molar-refractivity contribution is 0.185. The van der Waals surface area contributed by atoms with Gasteiger partial charge in [-0.1, -0.05) is 6.92 Å². The monoisotopic (exact) mass is 236 g/mol. The van der Waals surface area contributed by atoms with E-state index >= 15 is 0 Å². The number of nitrogens with zero attached hydrogens (tertiary/aromatic N) is 1. The molecule has 0 radical (unpaired) electrons. The number of hydrogen-bond acceptors (Lipinski definition) is 4. The van der Waals surface area contributed by atoms with Gasteiger partial charge in [-0.05, 0) is 18.8 Å². The zero-order chi connectivity index (χ0) is 11.5. The second-order valence-electron chi connectivity index (χ2n) is 4.03. The standard InChI is InChI=1S/C9H20N2O3S/c1-8-4-3-5-11(9(8)10)15(12,13)7-6-14-2/h8-9H,3-7,10H2,1-2H3. The van der Waals surface area contributed by atoms with E-state index in [1.807, 2.05) is 6.92 Å². The summed E-state index contributed by atoms with van der Waals surface area (Å²) in [7, 11) is -1.75. The fourth-order valence-electron chi connectivity index (χ4n) is 1.80. The molecule has 2 N–H and O–H groups in total. The minimum Gasteiger partial charge on any atom is -0.384 e. The summed E-state index contributed by atoms with van der Waals surface area (Å²) in [5, 5.41) is 0. The molecule has 2 unspecified atom stereocenters. The molecule has 0 amide bonds. The van der Waals surface area contributed by atoms with Gasteiger partial charge in [-0.2, -0.15) is 4.31 Å². The highest BCUT2D eigenvalue weighted by Crippen LogP contribution is 2.22. The van der Waals surface area contributed by atoms with E-state index in [0.717, 1.165) is 12.8 Å². The molecule has 6 heteroatoms. The van der Waals surface area contributed by atoms with Crippen LogP contribution < -0.4 is 5.73 Å². The van der Waals surface area contributed by atoms with Crippen molar-refractivity contribution in [3.05, 3.63) is 0 Å². The van der Waals surface area contributed by atoms with Crippen molar-refractivity contribution in [3.8, 4) is 0 Å². The van der Waals surface area contributed by atoms with E-state index < -0.39 is 10.0 Å². The molecule has 1 heterocycles. The summed E-state index contributed by atoms with van der Waals surface area (Å²) in [6, 6.07) is 0. The Labute approximate surface area is 91.6 Å². The molecule has 0 aliphatic carbocycles. The van der Waals surface area contributed by atoms with Crippen LogP contribution in [-0.2, 0) is 14.8 Å². The van der Waals surface area contributed by atoms with Crippen molar-refractivity contribution in [3.63, 3.8) is 0 Å². The summed E-state index contributed by atoms with van der Waals surface area (Å²) in [5.41, 5.74) is 5.89. The van der Waals surface area contributed by atoms with Crippen molar-refractivity contribution in [1.82, 2.24) is 4.31 Å². The summed E-state index contributed by atoms with van der Waals surface area (Å²) in [5.74, 6) is 0.250. The fraction of sp³-hybridized carbons (Fsp3) is 1.00. The van der Waals surface area contributed by atoms with Crippen LogP contribution in [0.3, 0.4) is 0 Å². The maximum atomic E-state index is 11.9. The van der Waals surface area contributed by atoms with Gasteiger partial charge in [0.2, 0.25) is 10.0 Å². The second kappa shape index (κ2) is 5.25. The molecule has 0 aromatic carbocycles. The number of methoxy groups -OCH3 is 1. The Morgan fingerprint density at radius 2 is 2.20 bits per heavy atom. The first kappa shape index (κ1) is 12.9. The molecular formula is C9H20N2O3S. The zero-order valence-corrected chi connectivity index (χ0v) is 10.2. The first-order valence-corrected chi connectivity index (χ1v) is 6.84. The molecule has 0 aromatic heterocycles. The van der Waals surface area contributed by atoms with E-state index in [4.69, 9.17) is 10.5 Å². The molecule has 90 valence electrons. The molecule has 5 nitrogen and oxygen atoms in total. The lowest BCUT2D eigenvalue weighted by Crippen LogP contribution is -2.53. The molecule has 1 saturated heterocycles. The Hall–Kier alpha value is -0.170. The Balaban J connectivity index is 2.68. The molecule has 15 heavy (non-hydrogen) atoms. The van der Waals surface area contributed by atoms with Crippen LogP contribution in [0.25, 0.3) is 0 Å². The molecule has 1 aliphatic heterocycles. The second-order valence-corrected chi connectivity index (χ2v) is 6.07. The third-order valence-corrected chi connectivity index (χ3v) is 4.68. The van der Waals surface area contributed by atoms with Gasteiger partial charge in [0.1, 0.15) is 0 Å². The SMILES string of the molecule is COCCS(=O)(=O)N1CCCC(C)C1N. The summed E-state index contributed by atoms with van der Waals surface area (Å²) in [6.45, 7) is 2.75. The van der Waals surface area contributed by atoms with Crippen LogP contribution in [0.15, 0.2) is 0 Å². The summed E-state index contributed by atoms with van der Waals surface area (Å²) >= 11 is 0. The van der Waals surface area contributed by atoms with Gasteiger partial charge < -0.3 is 10.5 Å². The number of nitrogens with two attached hydrogens (primary N) is 1. The average Bonchev–Trinajstić information content (AvgIpc) is 2.19. The van der Waals surface area contributed by atoms with Crippen LogP contribution in [0, 0.1) is 5.92 Å². The van der Waals surface area contributed by atoms with Gasteiger partial charge >= 0.3 is 0 Å². The van der Waals surface area contributed by atoms with Crippen molar-refractivity contribution < 1.29 is 13.2 Å². The van der Waals surface area contributed by atoms with Gasteiger partial charge in [0.15, 0.2) is 0 Å². The molecule has 0 spiro atoms. The smallest absolute Gasteiger partial charge is 0.217 e. The van der Waals surface area contributed by atoms with Gasteiger partial charge in [0.25, 0.3) is 0 Å². The first-order chi connectivity index (χ1) is 6.99. The van der Waals surface area contributed by atoms with Crippen molar-refractivity contribution in [2.45, 2.75) is 25.9 Å². The first-order valence-electron chi connectivity index (χ1n) is 5.23. The lowest BCUT2D eigenvalue weighted by atomic mass is 9.99. The Bertz CT molecular complexity index is 292. The van der Waals surface area contributed by atoms with Crippen LogP contribution >= 0.6 is 0 Å². The van der Waals surface area contributed by atoms with Gasteiger partial charge in [-0.3, -0.25) is 0 Å². The minimum atomic E-state index is -3.24. The highest BCUT2D eigenvalue weighted by molar-refractivity contribution is 7.89. The fourth-order valence-corrected chi connectivity index (χ4v) is 3.40. The maximum Gasteiger partial charge on any atom is 0.217 e. The third-order valence-electron chi connectivity index (χ3n) is 2.86. The molecular weight excluding hydrogens is 216 g/mol. The van der Waals surface area contributed by atoms with E-state index in [0.29, 0.717) is 6.54 Å². The van der Waals surface area contributed by atoms with E-state index in [-0.39, 0.29) is 24.4 Å². The van der Waals surface area contributed by atoms with Gasteiger partial charge in [-0.15, -0.1) is 0 Å².